The van der Waals surface area contributed by atoms with Crippen molar-refractivity contribution in [2.24, 2.45) is 0 Å². The maximum atomic E-state index is 12.0. The normalized spacial score (nSPS) is 20.5. The van der Waals surface area contributed by atoms with Gasteiger partial charge in [-0.15, -0.1) is 0 Å². The minimum Gasteiger partial charge on any atom is -0.463 e. The van der Waals surface area contributed by atoms with Gasteiger partial charge in [0.05, 0.1) is 19.2 Å². The Morgan fingerprint density at radius 1 is 1.48 bits per heavy atom. The number of hydrogen-bond donors (Lipinski definition) is 1. The summed E-state index contributed by atoms with van der Waals surface area (Å²) in [4.78, 5) is 35.9. The second-order valence-electron chi connectivity index (χ2n) is 4.96. The molecule has 0 bridgehead atoms. The van der Waals surface area contributed by atoms with Gasteiger partial charge in [0.1, 0.15) is 5.76 Å². The fourth-order valence-corrected chi connectivity index (χ4v) is 2.25. The van der Waals surface area contributed by atoms with Gasteiger partial charge in [-0.3, -0.25) is 19.8 Å². The Morgan fingerprint density at radius 3 is 2.86 bits per heavy atom. The van der Waals surface area contributed by atoms with Crippen molar-refractivity contribution < 1.29 is 23.5 Å². The lowest BCUT2D eigenvalue weighted by Crippen LogP contribution is -2.51. The van der Waals surface area contributed by atoms with Gasteiger partial charge in [-0.2, -0.15) is 0 Å². The zero-order chi connectivity index (χ0) is 15.6. The minimum absolute atomic E-state index is 0.114. The molecule has 21 heavy (non-hydrogen) atoms. The van der Waals surface area contributed by atoms with Gasteiger partial charge in [0, 0.05) is 13.5 Å². The number of esters is 1. The van der Waals surface area contributed by atoms with Crippen molar-refractivity contribution >= 4 is 17.8 Å². The first kappa shape index (κ1) is 15.2. The van der Waals surface area contributed by atoms with E-state index in [0.717, 1.165) is 4.90 Å². The molecule has 2 unspecified atom stereocenters. The van der Waals surface area contributed by atoms with Crippen molar-refractivity contribution in [3.05, 3.63) is 23.7 Å². The molecule has 7 nitrogen and oxygen atoms in total. The number of likely N-dealkylation sites (N-methyl/N-ethyl adjacent to an activating group) is 1. The molecule has 114 valence electrons. The number of ether oxygens (including phenoxy) is 1. The average molecular weight is 294 g/mol. The predicted octanol–water partition coefficient (Wildman–Crippen LogP) is 0.864. The standard InChI is InChI=1S/C14H18N2O5/c1-8(10-5-6-11(21-10)14(19)20-3)15-9-4-7-12(17)16(2)13(9)18/h5-6,8-9,15H,4,7H2,1-3H3. The number of rotatable bonds is 4. The number of furan rings is 1. The molecule has 1 aliphatic rings. The van der Waals surface area contributed by atoms with Crippen molar-refractivity contribution in [1.29, 1.82) is 0 Å². The number of nitrogens with one attached hydrogen (secondary N) is 1. The number of methoxy groups -OCH3 is 1. The van der Waals surface area contributed by atoms with Crippen LogP contribution in [0.1, 0.15) is 42.1 Å². The number of carbonyl (C=O) groups is 3. The summed E-state index contributed by atoms with van der Waals surface area (Å²) in [7, 11) is 2.76. The second kappa shape index (κ2) is 6.09. The molecule has 2 amide bonds. The van der Waals surface area contributed by atoms with Crippen LogP contribution in [-0.4, -0.2) is 42.9 Å². The number of likely N-dealkylation sites (tertiary alicyclic amines) is 1. The van der Waals surface area contributed by atoms with E-state index in [-0.39, 0.29) is 23.6 Å². The smallest absolute Gasteiger partial charge is 0.373 e. The quantitative estimate of drug-likeness (QED) is 0.654. The Hall–Kier alpha value is -2.15. The summed E-state index contributed by atoms with van der Waals surface area (Å²) in [5.41, 5.74) is 0. The molecule has 0 aromatic carbocycles. The van der Waals surface area contributed by atoms with Crippen LogP contribution in [0.5, 0.6) is 0 Å². The Bertz CT molecular complexity index is 565. The van der Waals surface area contributed by atoms with Crippen molar-refractivity contribution in [1.82, 2.24) is 10.2 Å². The Balaban J connectivity index is 2.02. The van der Waals surface area contributed by atoms with E-state index in [1.807, 2.05) is 6.92 Å². The van der Waals surface area contributed by atoms with Crippen LogP contribution in [0, 0.1) is 0 Å². The first-order chi connectivity index (χ1) is 9.93. The van der Waals surface area contributed by atoms with Gasteiger partial charge in [0.15, 0.2) is 0 Å². The molecule has 2 rings (SSSR count). The summed E-state index contributed by atoms with van der Waals surface area (Å²) in [5, 5.41) is 3.12. The average Bonchev–Trinajstić information content (AvgIpc) is 2.97. The fraction of sp³-hybridized carbons (Fsp3) is 0.500. The van der Waals surface area contributed by atoms with E-state index < -0.39 is 12.0 Å². The van der Waals surface area contributed by atoms with E-state index in [4.69, 9.17) is 4.42 Å². The summed E-state index contributed by atoms with van der Waals surface area (Å²) in [6.07, 6.45) is 0.787. The third kappa shape index (κ3) is 3.13. The Morgan fingerprint density at radius 2 is 2.19 bits per heavy atom. The largest absolute Gasteiger partial charge is 0.463 e. The van der Waals surface area contributed by atoms with Crippen LogP contribution < -0.4 is 5.32 Å². The zero-order valence-corrected chi connectivity index (χ0v) is 12.2. The number of amides is 2. The number of piperidine rings is 1. The second-order valence-corrected chi connectivity index (χ2v) is 4.96. The molecule has 1 saturated heterocycles. The van der Waals surface area contributed by atoms with Crippen LogP contribution in [0.2, 0.25) is 0 Å². The number of nitrogens with zero attached hydrogens (tertiary/aromatic N) is 1. The van der Waals surface area contributed by atoms with E-state index in [1.54, 1.807) is 6.07 Å². The number of carbonyl (C=O) groups excluding carboxylic acids is 3. The van der Waals surface area contributed by atoms with Crippen LogP contribution in [0.3, 0.4) is 0 Å². The molecule has 1 N–H and O–H groups in total. The van der Waals surface area contributed by atoms with E-state index in [2.05, 4.69) is 10.1 Å². The molecule has 0 aliphatic carbocycles. The summed E-state index contributed by atoms with van der Waals surface area (Å²) in [6, 6.07) is 2.48. The van der Waals surface area contributed by atoms with Gasteiger partial charge in [-0.25, -0.2) is 4.79 Å². The highest BCUT2D eigenvalue weighted by Gasteiger charge is 2.33. The molecule has 0 radical (unpaired) electrons. The fourth-order valence-electron chi connectivity index (χ4n) is 2.25. The summed E-state index contributed by atoms with van der Waals surface area (Å²) >= 11 is 0. The summed E-state index contributed by atoms with van der Waals surface area (Å²) in [5.74, 6) is -0.326. The monoisotopic (exact) mass is 294 g/mol. The van der Waals surface area contributed by atoms with Gasteiger partial charge < -0.3 is 9.15 Å². The molecular weight excluding hydrogens is 276 g/mol. The highest BCUT2D eigenvalue weighted by Crippen LogP contribution is 2.20. The van der Waals surface area contributed by atoms with Crippen molar-refractivity contribution in [2.45, 2.75) is 31.8 Å². The van der Waals surface area contributed by atoms with Gasteiger partial charge in [0.25, 0.3) is 0 Å². The van der Waals surface area contributed by atoms with Crippen LogP contribution in [0.15, 0.2) is 16.5 Å². The maximum Gasteiger partial charge on any atom is 0.373 e. The number of hydrogen-bond acceptors (Lipinski definition) is 6. The molecule has 1 aromatic heterocycles. The maximum absolute atomic E-state index is 12.0. The summed E-state index contributed by atoms with van der Waals surface area (Å²) < 4.78 is 9.96. The number of imide groups is 1. The highest BCUT2D eigenvalue weighted by atomic mass is 16.5. The molecule has 2 atom stereocenters. The van der Waals surface area contributed by atoms with E-state index in [1.165, 1.54) is 20.2 Å². The first-order valence-electron chi connectivity index (χ1n) is 6.68. The lowest BCUT2D eigenvalue weighted by molar-refractivity contribution is -0.148. The van der Waals surface area contributed by atoms with Gasteiger partial charge in [-0.05, 0) is 25.5 Å². The van der Waals surface area contributed by atoms with E-state index in [9.17, 15) is 14.4 Å². The van der Waals surface area contributed by atoms with Gasteiger partial charge in [0.2, 0.25) is 17.6 Å². The molecule has 7 heteroatoms. The molecule has 2 heterocycles. The molecule has 1 aliphatic heterocycles. The van der Waals surface area contributed by atoms with Crippen molar-refractivity contribution in [3.8, 4) is 0 Å². The summed E-state index contributed by atoms with van der Waals surface area (Å²) in [6.45, 7) is 1.82. The Labute approximate surface area is 122 Å². The van der Waals surface area contributed by atoms with Crippen LogP contribution >= 0.6 is 0 Å². The molecule has 1 aromatic rings. The van der Waals surface area contributed by atoms with Gasteiger partial charge in [-0.1, -0.05) is 0 Å². The lowest BCUT2D eigenvalue weighted by Gasteiger charge is -2.29. The molecular formula is C14H18N2O5. The first-order valence-corrected chi connectivity index (χ1v) is 6.68. The van der Waals surface area contributed by atoms with Crippen LogP contribution in [0.25, 0.3) is 0 Å². The van der Waals surface area contributed by atoms with E-state index in [0.29, 0.717) is 18.6 Å². The Kier molecular flexibility index (Phi) is 4.42. The lowest BCUT2D eigenvalue weighted by atomic mass is 10.0. The molecule has 1 fully saturated rings. The van der Waals surface area contributed by atoms with Crippen LogP contribution in [-0.2, 0) is 14.3 Å². The highest BCUT2D eigenvalue weighted by molar-refractivity contribution is 6.00. The van der Waals surface area contributed by atoms with E-state index >= 15 is 0 Å². The zero-order valence-electron chi connectivity index (χ0n) is 12.2. The van der Waals surface area contributed by atoms with Crippen molar-refractivity contribution in [3.63, 3.8) is 0 Å². The minimum atomic E-state index is -0.549. The topological polar surface area (TPSA) is 88.9 Å². The predicted molar refractivity (Wildman–Crippen MR) is 72.4 cm³/mol. The molecule has 0 saturated carbocycles. The van der Waals surface area contributed by atoms with Gasteiger partial charge >= 0.3 is 5.97 Å². The molecule has 0 spiro atoms. The SMILES string of the molecule is COC(=O)c1ccc(C(C)NC2CCC(=O)N(C)C2=O)o1. The third-order valence-corrected chi connectivity index (χ3v) is 3.54. The third-order valence-electron chi connectivity index (χ3n) is 3.54. The van der Waals surface area contributed by atoms with Crippen molar-refractivity contribution in [2.75, 3.05) is 14.2 Å². The van der Waals surface area contributed by atoms with Crippen LogP contribution in [0.4, 0.5) is 0 Å².